The molecule has 41 heavy (non-hydrogen) atoms. The third kappa shape index (κ3) is 6.49. The molecule has 1 N–H and O–H groups in total. The molecular weight excluding hydrogens is 538 g/mol. The Bertz CT molecular complexity index is 1460. The highest BCUT2D eigenvalue weighted by Crippen LogP contribution is 2.47. The van der Waals surface area contributed by atoms with E-state index in [0.717, 1.165) is 23.2 Å². The number of allylic oxidation sites excluding steroid dienone is 3. The Balaban J connectivity index is 1.46. The minimum atomic E-state index is -0.611. The number of para-hydroxylation sites is 2. The first-order chi connectivity index (χ1) is 20.0. The van der Waals surface area contributed by atoms with Crippen LogP contribution < -0.4 is 14.8 Å². The quantitative estimate of drug-likeness (QED) is 0.206. The average Bonchev–Trinajstić information content (AvgIpc) is 2.98. The van der Waals surface area contributed by atoms with Crippen molar-refractivity contribution in [3.63, 3.8) is 0 Å². The standard InChI is InChI=1S/C34H34ClNO5/c1-3-17-40-30-12-8-7-11-27(30)32-31(34(38)41-19-18-39-26-9-5-4-6-10-26)22(2)36-28-20-24(21-29(37)33(28)32)23-13-15-25(35)16-14-23/h4-16,24,32,36H,3,17-21H2,1-2H3. The van der Waals surface area contributed by atoms with Crippen molar-refractivity contribution in [1.82, 2.24) is 5.32 Å². The minimum Gasteiger partial charge on any atom is -0.493 e. The molecule has 2 unspecified atom stereocenters. The second-order valence-corrected chi connectivity index (χ2v) is 10.7. The fraction of sp³-hybridized carbons (Fsp3) is 0.294. The Kier molecular flexibility index (Phi) is 9.10. The van der Waals surface area contributed by atoms with Gasteiger partial charge in [-0.15, -0.1) is 0 Å². The van der Waals surface area contributed by atoms with Crippen LogP contribution in [0.15, 0.2) is 101 Å². The molecular formula is C34H34ClNO5. The monoisotopic (exact) mass is 571 g/mol. The lowest BCUT2D eigenvalue weighted by molar-refractivity contribution is -0.140. The first-order valence-electron chi connectivity index (χ1n) is 14.0. The molecule has 0 radical (unpaired) electrons. The molecule has 0 bridgehead atoms. The summed E-state index contributed by atoms with van der Waals surface area (Å²) in [7, 11) is 0. The number of rotatable bonds is 10. The van der Waals surface area contributed by atoms with Crippen molar-refractivity contribution >= 4 is 23.4 Å². The van der Waals surface area contributed by atoms with Crippen molar-refractivity contribution in [3.8, 4) is 11.5 Å². The summed E-state index contributed by atoms with van der Waals surface area (Å²) in [5, 5.41) is 4.07. The van der Waals surface area contributed by atoms with E-state index in [9.17, 15) is 9.59 Å². The SMILES string of the molecule is CCCOc1ccccc1C1C(C(=O)OCCOc2ccccc2)=C(C)NC2=C1C(=O)CC(c1ccc(Cl)cc1)C2. The van der Waals surface area contributed by atoms with Crippen LogP contribution in [0.3, 0.4) is 0 Å². The van der Waals surface area contributed by atoms with Crippen LogP contribution in [0, 0.1) is 0 Å². The largest absolute Gasteiger partial charge is 0.493 e. The second kappa shape index (κ2) is 13.1. The molecule has 7 heteroatoms. The van der Waals surface area contributed by atoms with Crippen LogP contribution in [0.4, 0.5) is 0 Å². The van der Waals surface area contributed by atoms with Gasteiger partial charge in [0.2, 0.25) is 0 Å². The van der Waals surface area contributed by atoms with Gasteiger partial charge in [0.05, 0.1) is 18.1 Å². The molecule has 0 fully saturated rings. The van der Waals surface area contributed by atoms with Crippen molar-refractivity contribution in [1.29, 1.82) is 0 Å². The lowest BCUT2D eigenvalue weighted by Gasteiger charge is -2.37. The van der Waals surface area contributed by atoms with Gasteiger partial charge in [-0.05, 0) is 61.6 Å². The predicted molar refractivity (Wildman–Crippen MR) is 159 cm³/mol. The van der Waals surface area contributed by atoms with Gasteiger partial charge in [0.1, 0.15) is 24.7 Å². The molecule has 0 spiro atoms. The molecule has 0 saturated heterocycles. The third-order valence-electron chi connectivity index (χ3n) is 7.41. The summed E-state index contributed by atoms with van der Waals surface area (Å²) < 4.78 is 17.5. The normalized spacial score (nSPS) is 18.5. The first-order valence-corrected chi connectivity index (χ1v) is 14.4. The van der Waals surface area contributed by atoms with Gasteiger partial charge in [0.15, 0.2) is 5.78 Å². The summed E-state index contributed by atoms with van der Waals surface area (Å²) in [4.78, 5) is 27.6. The molecule has 5 rings (SSSR count). The van der Waals surface area contributed by atoms with E-state index in [-0.39, 0.29) is 24.9 Å². The molecule has 0 saturated carbocycles. The van der Waals surface area contributed by atoms with E-state index in [2.05, 4.69) is 5.32 Å². The van der Waals surface area contributed by atoms with Crippen molar-refractivity contribution in [2.45, 2.75) is 44.9 Å². The molecule has 1 aliphatic heterocycles. The van der Waals surface area contributed by atoms with Crippen molar-refractivity contribution in [3.05, 3.63) is 118 Å². The topological polar surface area (TPSA) is 73.9 Å². The fourth-order valence-electron chi connectivity index (χ4n) is 5.54. The maximum Gasteiger partial charge on any atom is 0.336 e. The van der Waals surface area contributed by atoms with Crippen molar-refractivity contribution in [2.75, 3.05) is 19.8 Å². The molecule has 1 aliphatic carbocycles. The highest BCUT2D eigenvalue weighted by Gasteiger charge is 2.42. The number of hydrogen-bond acceptors (Lipinski definition) is 6. The van der Waals surface area contributed by atoms with E-state index < -0.39 is 11.9 Å². The zero-order chi connectivity index (χ0) is 28.8. The van der Waals surface area contributed by atoms with Crippen LogP contribution in [0.5, 0.6) is 11.5 Å². The van der Waals surface area contributed by atoms with Gasteiger partial charge >= 0.3 is 5.97 Å². The van der Waals surface area contributed by atoms with Crippen molar-refractivity contribution < 1.29 is 23.8 Å². The number of dihydropyridines is 1. The Hall–Kier alpha value is -4.03. The maximum atomic E-state index is 13.9. The van der Waals surface area contributed by atoms with Gasteiger partial charge in [0, 0.05) is 34.0 Å². The Morgan fingerprint density at radius 2 is 1.63 bits per heavy atom. The number of esters is 1. The van der Waals surface area contributed by atoms with E-state index in [0.29, 0.717) is 52.8 Å². The molecule has 3 aromatic carbocycles. The van der Waals surface area contributed by atoms with Gasteiger partial charge < -0.3 is 19.5 Å². The summed E-state index contributed by atoms with van der Waals surface area (Å²) >= 11 is 6.11. The smallest absolute Gasteiger partial charge is 0.336 e. The zero-order valence-electron chi connectivity index (χ0n) is 23.3. The summed E-state index contributed by atoms with van der Waals surface area (Å²) in [5.41, 5.74) is 4.34. The zero-order valence-corrected chi connectivity index (χ0v) is 24.1. The molecule has 6 nitrogen and oxygen atoms in total. The van der Waals surface area contributed by atoms with Crippen LogP contribution in [0.1, 0.15) is 56.1 Å². The van der Waals surface area contributed by atoms with Gasteiger partial charge in [-0.2, -0.15) is 0 Å². The Morgan fingerprint density at radius 1 is 0.902 bits per heavy atom. The number of carbonyl (C=O) groups excluding carboxylic acids is 2. The molecule has 2 aliphatic rings. The number of carbonyl (C=O) groups is 2. The molecule has 0 aromatic heterocycles. The first kappa shape index (κ1) is 28.5. The van der Waals surface area contributed by atoms with Crippen LogP contribution in [-0.4, -0.2) is 31.6 Å². The van der Waals surface area contributed by atoms with Gasteiger partial charge in [-0.3, -0.25) is 4.79 Å². The molecule has 212 valence electrons. The third-order valence-corrected chi connectivity index (χ3v) is 7.66. The summed E-state index contributed by atoms with van der Waals surface area (Å²) in [6.07, 6.45) is 1.81. The summed E-state index contributed by atoms with van der Waals surface area (Å²) in [6, 6.07) is 24.7. The maximum absolute atomic E-state index is 13.9. The number of ketones is 1. The number of benzene rings is 3. The van der Waals surface area contributed by atoms with Crippen LogP contribution in [0.2, 0.25) is 5.02 Å². The lowest BCUT2D eigenvalue weighted by atomic mass is 9.71. The number of Topliss-reactive ketones (excluding diaryl/α,β-unsaturated/α-hetero) is 1. The minimum absolute atomic E-state index is 0.000736. The van der Waals surface area contributed by atoms with Gasteiger partial charge in [-0.1, -0.05) is 67.1 Å². The van der Waals surface area contributed by atoms with E-state index in [1.807, 2.05) is 92.7 Å². The van der Waals surface area contributed by atoms with Crippen LogP contribution >= 0.6 is 11.6 Å². The lowest BCUT2D eigenvalue weighted by Crippen LogP contribution is -2.36. The summed E-state index contributed by atoms with van der Waals surface area (Å²) in [6.45, 7) is 4.72. The van der Waals surface area contributed by atoms with E-state index >= 15 is 0 Å². The van der Waals surface area contributed by atoms with Crippen LogP contribution in [-0.2, 0) is 14.3 Å². The molecule has 3 aromatic rings. The second-order valence-electron chi connectivity index (χ2n) is 10.3. The number of nitrogens with one attached hydrogen (secondary N) is 1. The number of hydrogen-bond donors (Lipinski definition) is 1. The average molecular weight is 572 g/mol. The van der Waals surface area contributed by atoms with Crippen LogP contribution in [0.25, 0.3) is 0 Å². The molecule has 1 heterocycles. The van der Waals surface area contributed by atoms with Crippen molar-refractivity contribution in [2.24, 2.45) is 0 Å². The molecule has 0 amide bonds. The fourth-order valence-corrected chi connectivity index (χ4v) is 5.67. The summed E-state index contributed by atoms with van der Waals surface area (Å²) in [5.74, 6) is 0.276. The number of halogens is 1. The molecule has 2 atom stereocenters. The Labute approximate surface area is 246 Å². The highest BCUT2D eigenvalue weighted by atomic mass is 35.5. The van der Waals surface area contributed by atoms with Gasteiger partial charge in [-0.25, -0.2) is 4.79 Å². The Morgan fingerprint density at radius 3 is 2.39 bits per heavy atom. The van der Waals surface area contributed by atoms with E-state index in [1.54, 1.807) is 0 Å². The van der Waals surface area contributed by atoms with E-state index in [1.165, 1.54) is 0 Å². The van der Waals surface area contributed by atoms with Gasteiger partial charge in [0.25, 0.3) is 0 Å². The number of ether oxygens (including phenoxy) is 3. The van der Waals surface area contributed by atoms with E-state index in [4.69, 9.17) is 25.8 Å². The highest BCUT2D eigenvalue weighted by molar-refractivity contribution is 6.30. The predicted octanol–water partition coefficient (Wildman–Crippen LogP) is 7.11.